The Bertz CT molecular complexity index is 687. The molecule has 0 amide bonds. The summed E-state index contributed by atoms with van der Waals surface area (Å²) in [7, 11) is 0. The van der Waals surface area contributed by atoms with Gasteiger partial charge in [0.25, 0.3) is 0 Å². The molecule has 1 aliphatic rings. The standard InChI is InChI=1S/C16H10O2Se/c17-14-10-15(19-11-6-2-1-3-7-11)16(18)13-9-5-4-8-12(13)14/h1-10H. The number of hydrogen-bond acceptors (Lipinski definition) is 2. The quantitative estimate of drug-likeness (QED) is 0.795. The van der Waals surface area contributed by atoms with Gasteiger partial charge in [0.15, 0.2) is 0 Å². The van der Waals surface area contributed by atoms with Crippen LogP contribution in [0.4, 0.5) is 0 Å². The monoisotopic (exact) mass is 314 g/mol. The third-order valence-corrected chi connectivity index (χ3v) is 5.06. The van der Waals surface area contributed by atoms with Gasteiger partial charge in [-0.3, -0.25) is 0 Å². The van der Waals surface area contributed by atoms with Crippen LogP contribution in [0, 0.1) is 0 Å². The van der Waals surface area contributed by atoms with Gasteiger partial charge in [-0.15, -0.1) is 0 Å². The van der Waals surface area contributed by atoms with Crippen LogP contribution in [-0.4, -0.2) is 26.5 Å². The van der Waals surface area contributed by atoms with Crippen molar-refractivity contribution in [1.82, 2.24) is 0 Å². The second kappa shape index (κ2) is 4.96. The molecule has 0 radical (unpaired) electrons. The molecule has 2 aromatic carbocycles. The first-order valence-corrected chi connectivity index (χ1v) is 7.59. The number of hydrogen-bond donors (Lipinski definition) is 0. The molecule has 0 saturated heterocycles. The van der Waals surface area contributed by atoms with Crippen LogP contribution in [0.25, 0.3) is 0 Å². The molecule has 0 spiro atoms. The van der Waals surface area contributed by atoms with Crippen molar-refractivity contribution in [1.29, 1.82) is 0 Å². The van der Waals surface area contributed by atoms with Crippen LogP contribution in [0.3, 0.4) is 0 Å². The average Bonchev–Trinajstić information content (AvgIpc) is 2.46. The van der Waals surface area contributed by atoms with E-state index >= 15 is 0 Å². The number of carbonyl (C=O) groups excluding carboxylic acids is 2. The van der Waals surface area contributed by atoms with E-state index in [1.807, 2.05) is 30.3 Å². The third kappa shape index (κ3) is 2.30. The predicted octanol–water partition coefficient (Wildman–Crippen LogP) is 1.98. The Kier molecular flexibility index (Phi) is 3.16. The van der Waals surface area contributed by atoms with Crippen LogP contribution in [0.15, 0.2) is 65.1 Å². The summed E-state index contributed by atoms with van der Waals surface area (Å²) in [5, 5.41) is 0. The van der Waals surface area contributed by atoms with Gasteiger partial charge < -0.3 is 0 Å². The Labute approximate surface area is 117 Å². The van der Waals surface area contributed by atoms with Crippen LogP contribution in [0.2, 0.25) is 0 Å². The zero-order valence-electron chi connectivity index (χ0n) is 10.00. The van der Waals surface area contributed by atoms with Gasteiger partial charge in [-0.2, -0.15) is 0 Å². The van der Waals surface area contributed by atoms with Crippen LogP contribution < -0.4 is 4.46 Å². The molecule has 0 N–H and O–H groups in total. The van der Waals surface area contributed by atoms with Crippen LogP contribution >= 0.6 is 0 Å². The normalized spacial score (nSPS) is 14.0. The summed E-state index contributed by atoms with van der Waals surface area (Å²) in [4.78, 5) is 24.4. The van der Waals surface area contributed by atoms with Crippen LogP contribution in [0.5, 0.6) is 0 Å². The van der Waals surface area contributed by atoms with Gasteiger partial charge in [-0.25, -0.2) is 0 Å². The minimum atomic E-state index is -0.123. The molecule has 3 rings (SSSR count). The van der Waals surface area contributed by atoms with Crippen molar-refractivity contribution >= 4 is 31.0 Å². The van der Waals surface area contributed by atoms with Crippen molar-refractivity contribution in [2.45, 2.75) is 0 Å². The fraction of sp³-hybridized carbons (Fsp3) is 0. The van der Waals surface area contributed by atoms with Crippen LogP contribution in [0.1, 0.15) is 20.7 Å². The zero-order chi connectivity index (χ0) is 13.2. The minimum absolute atomic E-state index is 0.0148. The number of carbonyl (C=O) groups is 2. The molecule has 0 unspecified atom stereocenters. The Balaban J connectivity index is 1.97. The number of benzene rings is 2. The molecule has 0 heterocycles. The Hall–Kier alpha value is -1.96. The van der Waals surface area contributed by atoms with Gasteiger partial charge in [-0.1, -0.05) is 0 Å². The summed E-state index contributed by atoms with van der Waals surface area (Å²) in [5.41, 5.74) is 1.04. The molecule has 0 saturated carbocycles. The van der Waals surface area contributed by atoms with E-state index in [1.54, 1.807) is 24.3 Å². The second-order valence-electron chi connectivity index (χ2n) is 4.16. The number of ketones is 2. The fourth-order valence-electron chi connectivity index (χ4n) is 1.98. The molecule has 0 aromatic heterocycles. The predicted molar refractivity (Wildman–Crippen MR) is 75.0 cm³/mol. The number of allylic oxidation sites excluding steroid dienone is 2. The summed E-state index contributed by atoms with van der Waals surface area (Å²) in [6.07, 6.45) is 1.50. The van der Waals surface area contributed by atoms with E-state index in [0.717, 1.165) is 4.46 Å². The molecule has 0 aliphatic heterocycles. The maximum atomic E-state index is 12.4. The Morgan fingerprint density at radius 2 is 1.37 bits per heavy atom. The van der Waals surface area contributed by atoms with E-state index in [9.17, 15) is 9.59 Å². The number of Topliss-reactive ketones (excluding diaryl/α,β-unsaturated/α-hetero) is 1. The number of fused-ring (bicyclic) bond motifs is 1. The zero-order valence-corrected chi connectivity index (χ0v) is 11.7. The third-order valence-electron chi connectivity index (χ3n) is 2.89. The fourth-order valence-corrected chi connectivity index (χ4v) is 3.90. The first-order chi connectivity index (χ1) is 9.25. The van der Waals surface area contributed by atoms with Crippen molar-refractivity contribution in [3.8, 4) is 0 Å². The molecule has 19 heavy (non-hydrogen) atoms. The number of rotatable bonds is 2. The van der Waals surface area contributed by atoms with E-state index < -0.39 is 0 Å². The van der Waals surface area contributed by atoms with Gasteiger partial charge in [-0.05, 0) is 0 Å². The molecule has 3 heteroatoms. The topological polar surface area (TPSA) is 34.1 Å². The van der Waals surface area contributed by atoms with E-state index in [4.69, 9.17) is 0 Å². The molecule has 2 aromatic rings. The van der Waals surface area contributed by atoms with Crippen molar-refractivity contribution in [3.05, 3.63) is 76.3 Å². The summed E-state index contributed by atoms with van der Waals surface area (Å²) < 4.78 is 1.73. The van der Waals surface area contributed by atoms with Crippen molar-refractivity contribution < 1.29 is 9.59 Å². The first kappa shape index (κ1) is 12.1. The second-order valence-corrected chi connectivity index (χ2v) is 6.50. The van der Waals surface area contributed by atoms with E-state index in [2.05, 4.69) is 0 Å². The van der Waals surface area contributed by atoms with Crippen LogP contribution in [-0.2, 0) is 0 Å². The molecular formula is C16H10O2Se. The van der Waals surface area contributed by atoms with Gasteiger partial charge in [0.1, 0.15) is 0 Å². The molecule has 0 atom stereocenters. The van der Waals surface area contributed by atoms with Gasteiger partial charge in [0.2, 0.25) is 0 Å². The van der Waals surface area contributed by atoms with E-state index in [1.165, 1.54) is 6.08 Å². The van der Waals surface area contributed by atoms with Gasteiger partial charge in [0, 0.05) is 0 Å². The molecule has 0 bridgehead atoms. The Morgan fingerprint density at radius 1 is 0.737 bits per heavy atom. The molecule has 92 valence electrons. The summed E-state index contributed by atoms with van der Waals surface area (Å²) in [5.74, 6) is -0.0814. The first-order valence-electron chi connectivity index (χ1n) is 5.88. The van der Waals surface area contributed by atoms with E-state index in [-0.39, 0.29) is 26.5 Å². The van der Waals surface area contributed by atoms with Crippen molar-refractivity contribution in [3.63, 3.8) is 0 Å². The summed E-state index contributed by atoms with van der Waals surface area (Å²) >= 11 is -0.123. The molecule has 0 fully saturated rings. The maximum absolute atomic E-state index is 12.4. The van der Waals surface area contributed by atoms with Crippen molar-refractivity contribution in [2.24, 2.45) is 0 Å². The SMILES string of the molecule is O=C1C=C([Se]c2ccccc2)C(=O)c2ccccc21. The van der Waals surface area contributed by atoms with Crippen molar-refractivity contribution in [2.75, 3.05) is 0 Å². The molecule has 2 nitrogen and oxygen atoms in total. The molecular weight excluding hydrogens is 303 g/mol. The summed E-state index contributed by atoms with van der Waals surface area (Å²) in [6.45, 7) is 0. The molecule has 1 aliphatic carbocycles. The van der Waals surface area contributed by atoms with Gasteiger partial charge >= 0.3 is 117 Å². The Morgan fingerprint density at radius 3 is 2.11 bits per heavy atom. The summed E-state index contributed by atoms with van der Waals surface area (Å²) in [6, 6.07) is 16.8. The average molecular weight is 313 g/mol. The van der Waals surface area contributed by atoms with Gasteiger partial charge in [0.05, 0.1) is 0 Å². The van der Waals surface area contributed by atoms with E-state index in [0.29, 0.717) is 15.6 Å².